The molecule has 43 heavy (non-hydrogen) atoms. The zero-order chi connectivity index (χ0) is 32.2. The van der Waals surface area contributed by atoms with Crippen molar-refractivity contribution < 1.29 is 78.9 Å². The van der Waals surface area contributed by atoms with Crippen molar-refractivity contribution in [2.45, 2.75) is 113 Å². The predicted octanol–water partition coefficient (Wildman–Crippen LogP) is -7.14. The van der Waals surface area contributed by atoms with Crippen LogP contribution in [0.2, 0.25) is 0 Å². The molecular formula is C24H41N3O16. The van der Waals surface area contributed by atoms with Gasteiger partial charge in [-0.25, -0.2) is 0 Å². The molecule has 3 rings (SSSR count). The van der Waals surface area contributed by atoms with Gasteiger partial charge in [0.2, 0.25) is 17.7 Å². The van der Waals surface area contributed by atoms with E-state index in [-0.39, 0.29) is 0 Å². The van der Waals surface area contributed by atoms with Crippen LogP contribution in [0.15, 0.2) is 0 Å². The minimum atomic E-state index is -1.82. The average molecular weight is 628 g/mol. The molecule has 0 saturated carbocycles. The third kappa shape index (κ3) is 8.34. The van der Waals surface area contributed by atoms with Gasteiger partial charge >= 0.3 is 0 Å². The van der Waals surface area contributed by atoms with E-state index in [1.165, 1.54) is 0 Å². The summed E-state index contributed by atoms with van der Waals surface area (Å²) in [5.74, 6) is -1.92. The van der Waals surface area contributed by atoms with E-state index in [4.69, 9.17) is 23.7 Å². The van der Waals surface area contributed by atoms with Gasteiger partial charge in [0.25, 0.3) is 0 Å². The summed E-state index contributed by atoms with van der Waals surface area (Å²) in [4.78, 5) is 35.4. The fourth-order valence-corrected chi connectivity index (χ4v) is 5.17. The maximum Gasteiger partial charge on any atom is 0.217 e. The van der Waals surface area contributed by atoms with E-state index in [1.807, 2.05) is 0 Å². The number of hydrogen-bond acceptors (Lipinski definition) is 16. The number of amides is 3. The molecule has 3 saturated heterocycles. The first-order valence-electron chi connectivity index (χ1n) is 13.5. The second-order valence-electron chi connectivity index (χ2n) is 10.6. The Hall–Kier alpha value is -2.11. The first kappa shape index (κ1) is 35.4. The largest absolute Gasteiger partial charge is 0.394 e. The molecule has 19 nitrogen and oxygen atoms in total. The lowest BCUT2D eigenvalue weighted by Gasteiger charge is -2.48. The summed E-state index contributed by atoms with van der Waals surface area (Å²) in [6, 6.07) is -4.23. The summed E-state index contributed by atoms with van der Waals surface area (Å²) in [5.41, 5.74) is 0. The van der Waals surface area contributed by atoms with E-state index >= 15 is 0 Å². The molecule has 0 aromatic rings. The normalized spacial score (nSPS) is 43.5. The van der Waals surface area contributed by atoms with E-state index < -0.39 is 129 Å². The number of carbonyl (C=O) groups excluding carboxylic acids is 3. The molecule has 0 bridgehead atoms. The second-order valence-corrected chi connectivity index (χ2v) is 10.6. The summed E-state index contributed by atoms with van der Waals surface area (Å²) in [7, 11) is 0. The Kier molecular flexibility index (Phi) is 12.5. The zero-order valence-corrected chi connectivity index (χ0v) is 23.6. The number of ether oxygens (including phenoxy) is 5. The van der Waals surface area contributed by atoms with Crippen LogP contribution >= 0.6 is 0 Å². The highest BCUT2D eigenvalue weighted by Gasteiger charge is 2.52. The van der Waals surface area contributed by atoms with Crippen LogP contribution in [0.1, 0.15) is 20.8 Å². The molecule has 0 radical (unpaired) electrons. The third-order valence-corrected chi connectivity index (χ3v) is 7.28. The number of aliphatic hydroxyl groups is 8. The summed E-state index contributed by atoms with van der Waals surface area (Å²) >= 11 is 0. The molecule has 0 unspecified atom stereocenters. The molecular weight excluding hydrogens is 586 g/mol. The van der Waals surface area contributed by atoms with Crippen LogP contribution in [0, 0.1) is 0 Å². The topological polar surface area (TPSA) is 295 Å². The summed E-state index contributed by atoms with van der Waals surface area (Å²) < 4.78 is 28.3. The molecule has 0 aliphatic carbocycles. The van der Waals surface area contributed by atoms with Gasteiger partial charge in [0.15, 0.2) is 18.9 Å². The van der Waals surface area contributed by atoms with E-state index in [2.05, 4.69) is 16.0 Å². The number of rotatable bonds is 10. The molecule has 0 aromatic heterocycles. The molecule has 3 heterocycles. The van der Waals surface area contributed by atoms with Gasteiger partial charge in [-0.3, -0.25) is 14.4 Å². The van der Waals surface area contributed by atoms with Crippen molar-refractivity contribution in [2.75, 3.05) is 19.8 Å². The third-order valence-electron chi connectivity index (χ3n) is 7.28. The van der Waals surface area contributed by atoms with Crippen molar-refractivity contribution in [3.63, 3.8) is 0 Å². The van der Waals surface area contributed by atoms with Gasteiger partial charge in [0, 0.05) is 20.8 Å². The number of nitrogens with one attached hydrogen (secondary N) is 3. The van der Waals surface area contributed by atoms with Crippen molar-refractivity contribution in [1.82, 2.24) is 16.0 Å². The van der Waals surface area contributed by atoms with Gasteiger partial charge in [-0.15, -0.1) is 0 Å². The van der Waals surface area contributed by atoms with Crippen LogP contribution in [0.5, 0.6) is 0 Å². The Morgan fingerprint density at radius 3 is 1.51 bits per heavy atom. The SMILES string of the molecule is CC(=O)N[C@@H]1[C@@H](O)[C@@H](O[C@@H]2O[C@H](CO)[C@@H](O)[C@H](O)[C@H]2NC(C)=O)[C@@H](CO[C@@H]2O[C@H](CO)[C@@H](O)[C@H](O)[C@H]2NC(C)=O)O[C@H]1O. The van der Waals surface area contributed by atoms with Crippen molar-refractivity contribution in [2.24, 2.45) is 0 Å². The van der Waals surface area contributed by atoms with E-state index in [0.717, 1.165) is 20.8 Å². The molecule has 15 atom stereocenters. The molecule has 0 spiro atoms. The summed E-state index contributed by atoms with van der Waals surface area (Å²) in [5, 5.41) is 89.7. The van der Waals surface area contributed by atoms with Crippen LogP contribution < -0.4 is 16.0 Å². The van der Waals surface area contributed by atoms with Crippen LogP contribution in [-0.2, 0) is 38.1 Å². The number of carbonyl (C=O) groups is 3. The molecule has 0 aromatic carbocycles. The molecule has 3 aliphatic heterocycles. The fourth-order valence-electron chi connectivity index (χ4n) is 5.17. The minimum Gasteiger partial charge on any atom is -0.394 e. The second kappa shape index (κ2) is 15.3. The highest BCUT2D eigenvalue weighted by molar-refractivity contribution is 5.74. The standard InChI is InChI=1S/C24H41N3O16/c1-7(30)25-13-20(37)21(43-24-15(27-9(3)32)19(36)17(34)11(5-29)42-24)12(40-22(13)38)6-39-23-14(26-8(2)31)18(35)16(33)10(4-28)41-23/h10-24,28-29,33-38H,4-6H2,1-3H3,(H,25,30)(H,26,31)(H,27,32)/t10-,11-,12-,13-,14-,15-,16-,17-,18-,19-,20-,21+,22-,23-,24+/m1/s1. The zero-order valence-electron chi connectivity index (χ0n) is 23.6. The Bertz CT molecular complexity index is 962. The Labute approximate surface area is 245 Å². The molecule has 248 valence electrons. The van der Waals surface area contributed by atoms with Gasteiger partial charge in [0.1, 0.15) is 73.1 Å². The van der Waals surface area contributed by atoms with Gasteiger partial charge in [-0.2, -0.15) is 0 Å². The fraction of sp³-hybridized carbons (Fsp3) is 0.875. The van der Waals surface area contributed by atoms with Crippen LogP contribution in [0.4, 0.5) is 0 Å². The molecule has 19 heteroatoms. The monoisotopic (exact) mass is 627 g/mol. The highest BCUT2D eigenvalue weighted by atomic mass is 16.7. The maximum absolute atomic E-state index is 11.8. The lowest BCUT2D eigenvalue weighted by Crippen LogP contribution is -2.69. The Balaban J connectivity index is 1.89. The lowest BCUT2D eigenvalue weighted by atomic mass is 9.94. The molecule has 3 aliphatic rings. The van der Waals surface area contributed by atoms with E-state index in [1.54, 1.807) is 0 Å². The quantitative estimate of drug-likeness (QED) is 0.107. The number of hydrogen-bond donors (Lipinski definition) is 11. The van der Waals surface area contributed by atoms with Crippen molar-refractivity contribution >= 4 is 17.7 Å². The van der Waals surface area contributed by atoms with Gasteiger partial charge in [-0.05, 0) is 0 Å². The van der Waals surface area contributed by atoms with Gasteiger partial charge < -0.3 is 80.5 Å². The first-order chi connectivity index (χ1) is 20.2. The predicted molar refractivity (Wildman–Crippen MR) is 136 cm³/mol. The van der Waals surface area contributed by atoms with Crippen LogP contribution in [0.3, 0.4) is 0 Å². The average Bonchev–Trinajstić information content (AvgIpc) is 2.93. The lowest BCUT2D eigenvalue weighted by molar-refractivity contribution is -0.336. The smallest absolute Gasteiger partial charge is 0.217 e. The van der Waals surface area contributed by atoms with Crippen molar-refractivity contribution in [3.8, 4) is 0 Å². The van der Waals surface area contributed by atoms with Crippen LogP contribution in [0.25, 0.3) is 0 Å². The molecule has 3 fully saturated rings. The maximum atomic E-state index is 11.8. The van der Waals surface area contributed by atoms with Crippen molar-refractivity contribution in [3.05, 3.63) is 0 Å². The summed E-state index contributed by atoms with van der Waals surface area (Å²) in [6.07, 6.45) is -19.0. The highest BCUT2D eigenvalue weighted by Crippen LogP contribution is 2.30. The van der Waals surface area contributed by atoms with E-state index in [9.17, 15) is 55.2 Å². The number of aliphatic hydroxyl groups excluding tert-OH is 8. The van der Waals surface area contributed by atoms with Gasteiger partial charge in [-0.1, -0.05) is 0 Å². The Morgan fingerprint density at radius 2 is 1.05 bits per heavy atom. The molecule has 11 N–H and O–H groups in total. The first-order valence-corrected chi connectivity index (χ1v) is 13.5. The van der Waals surface area contributed by atoms with Crippen LogP contribution in [-0.4, -0.2) is 170 Å². The van der Waals surface area contributed by atoms with E-state index in [0.29, 0.717) is 0 Å². The minimum absolute atomic E-state index is 0.612. The molecule has 3 amide bonds. The summed E-state index contributed by atoms with van der Waals surface area (Å²) in [6.45, 7) is 1.27. The van der Waals surface area contributed by atoms with Gasteiger partial charge in [0.05, 0.1) is 19.8 Å². The Morgan fingerprint density at radius 1 is 0.605 bits per heavy atom. The van der Waals surface area contributed by atoms with Crippen molar-refractivity contribution in [1.29, 1.82) is 0 Å².